The van der Waals surface area contributed by atoms with E-state index in [2.05, 4.69) is 25.2 Å². The molecule has 32 heavy (non-hydrogen) atoms. The molecule has 0 aliphatic rings. The Kier molecular flexibility index (Phi) is 7.60. The zero-order chi connectivity index (χ0) is 23.1. The van der Waals surface area contributed by atoms with Crippen molar-refractivity contribution in [2.45, 2.75) is 24.3 Å². The van der Waals surface area contributed by atoms with Gasteiger partial charge in [0, 0.05) is 18.5 Å². The number of aromatic nitrogens is 3. The number of anilines is 3. The van der Waals surface area contributed by atoms with E-state index in [1.54, 1.807) is 18.2 Å². The highest BCUT2D eigenvalue weighted by Crippen LogP contribution is 2.20. The summed E-state index contributed by atoms with van der Waals surface area (Å²) in [6.07, 6.45) is 1.91. The van der Waals surface area contributed by atoms with Gasteiger partial charge in [0.1, 0.15) is 5.75 Å². The highest BCUT2D eigenvalue weighted by atomic mass is 32.2. The summed E-state index contributed by atoms with van der Waals surface area (Å²) in [5.74, 6) is 1.65. The lowest BCUT2D eigenvalue weighted by Crippen LogP contribution is -2.27. The molecule has 0 saturated heterocycles. The number of nitrogens with two attached hydrogens (primary N) is 1. The van der Waals surface area contributed by atoms with Crippen LogP contribution in [-0.2, 0) is 9.84 Å². The van der Waals surface area contributed by atoms with Gasteiger partial charge in [0.25, 0.3) is 0 Å². The molecule has 1 unspecified atom stereocenters. The maximum absolute atomic E-state index is 11.7. The summed E-state index contributed by atoms with van der Waals surface area (Å²) < 4.78 is 29.1. The lowest BCUT2D eigenvalue weighted by atomic mass is 10.2. The Morgan fingerprint density at radius 2 is 1.84 bits per heavy atom. The molecule has 3 N–H and O–H groups in total. The Bertz CT molecular complexity index is 1140. The molecular formula is C22H28N6O3S. The van der Waals surface area contributed by atoms with Crippen LogP contribution < -0.4 is 15.8 Å². The van der Waals surface area contributed by atoms with Gasteiger partial charge in [-0.3, -0.25) is 4.90 Å². The Morgan fingerprint density at radius 3 is 2.56 bits per heavy atom. The van der Waals surface area contributed by atoms with Crippen LogP contribution in [0.5, 0.6) is 5.75 Å². The number of nitrogens with zero attached hydrogens (tertiary/aromatic N) is 4. The molecule has 1 aromatic heterocycles. The second kappa shape index (κ2) is 10.4. The van der Waals surface area contributed by atoms with E-state index in [-0.39, 0.29) is 16.9 Å². The van der Waals surface area contributed by atoms with Crippen LogP contribution >= 0.6 is 0 Å². The quantitative estimate of drug-likeness (QED) is 0.443. The topological polar surface area (TPSA) is 123 Å². The monoisotopic (exact) mass is 456 g/mol. The van der Waals surface area contributed by atoms with E-state index in [0.29, 0.717) is 24.1 Å². The number of rotatable bonds is 10. The van der Waals surface area contributed by atoms with Gasteiger partial charge in [-0.1, -0.05) is 24.3 Å². The smallest absolute Gasteiger partial charge is 0.232 e. The summed E-state index contributed by atoms with van der Waals surface area (Å²) >= 11 is 0. The molecule has 2 aromatic carbocycles. The molecule has 3 aromatic rings. The summed E-state index contributed by atoms with van der Waals surface area (Å²) in [7, 11) is -1.29. The zero-order valence-electron chi connectivity index (χ0n) is 18.4. The molecular weight excluding hydrogens is 428 g/mol. The van der Waals surface area contributed by atoms with E-state index in [9.17, 15) is 8.42 Å². The molecule has 170 valence electrons. The van der Waals surface area contributed by atoms with Gasteiger partial charge in [-0.15, -0.1) is 0 Å². The number of para-hydroxylation sites is 1. The molecule has 0 fully saturated rings. The van der Waals surface area contributed by atoms with Crippen molar-refractivity contribution in [3.8, 4) is 5.75 Å². The average Bonchev–Trinajstić information content (AvgIpc) is 2.76. The van der Waals surface area contributed by atoms with Gasteiger partial charge >= 0.3 is 0 Å². The van der Waals surface area contributed by atoms with Gasteiger partial charge < -0.3 is 15.8 Å². The second-order valence-electron chi connectivity index (χ2n) is 7.47. The summed E-state index contributed by atoms with van der Waals surface area (Å²) in [6, 6.07) is 16.0. The highest BCUT2D eigenvalue weighted by Gasteiger charge is 2.17. The zero-order valence-corrected chi connectivity index (χ0v) is 19.2. The number of ether oxygens (including phenoxy) is 1. The third kappa shape index (κ3) is 6.63. The van der Waals surface area contributed by atoms with Crippen molar-refractivity contribution < 1.29 is 13.2 Å². The van der Waals surface area contributed by atoms with E-state index in [0.717, 1.165) is 18.7 Å². The largest absolute Gasteiger partial charge is 0.494 e. The van der Waals surface area contributed by atoms with Crippen LogP contribution in [0.1, 0.15) is 25.2 Å². The van der Waals surface area contributed by atoms with E-state index in [4.69, 9.17) is 10.5 Å². The average molecular weight is 457 g/mol. The molecule has 1 heterocycles. The fraction of sp³-hybridized carbons (Fsp3) is 0.318. The highest BCUT2D eigenvalue weighted by molar-refractivity contribution is 7.90. The van der Waals surface area contributed by atoms with E-state index in [1.165, 1.54) is 12.3 Å². The lowest BCUT2D eigenvalue weighted by Gasteiger charge is -2.23. The van der Waals surface area contributed by atoms with Gasteiger partial charge in [-0.2, -0.15) is 15.0 Å². The van der Waals surface area contributed by atoms with Crippen LogP contribution in [0.15, 0.2) is 59.5 Å². The first-order valence-electron chi connectivity index (χ1n) is 10.2. The van der Waals surface area contributed by atoms with Crippen molar-refractivity contribution in [2.75, 3.05) is 37.5 Å². The fourth-order valence-corrected chi connectivity index (χ4v) is 3.65. The molecule has 0 aliphatic carbocycles. The molecule has 9 nitrogen and oxygen atoms in total. The van der Waals surface area contributed by atoms with Crippen LogP contribution in [0.4, 0.5) is 17.6 Å². The van der Waals surface area contributed by atoms with Crippen LogP contribution in [0, 0.1) is 0 Å². The summed E-state index contributed by atoms with van der Waals surface area (Å²) in [5.41, 5.74) is 6.76. The van der Waals surface area contributed by atoms with E-state index in [1.807, 2.05) is 44.3 Å². The number of nitrogens with one attached hydrogen (secondary N) is 1. The minimum Gasteiger partial charge on any atom is -0.494 e. The third-order valence-electron chi connectivity index (χ3n) is 4.89. The minimum atomic E-state index is -3.26. The Labute approximate surface area is 188 Å². The molecule has 0 aliphatic heterocycles. The maximum Gasteiger partial charge on any atom is 0.232 e. The number of hydrogen-bond acceptors (Lipinski definition) is 9. The fourth-order valence-electron chi connectivity index (χ4n) is 2.99. The minimum absolute atomic E-state index is 0.0924. The second-order valence-corrected chi connectivity index (χ2v) is 9.49. The molecule has 0 radical (unpaired) electrons. The number of nitrogen functional groups attached to an aromatic ring is 1. The molecule has 1 atom stereocenters. The molecule has 0 amide bonds. The molecule has 0 spiro atoms. The predicted molar refractivity (Wildman–Crippen MR) is 125 cm³/mol. The summed E-state index contributed by atoms with van der Waals surface area (Å²) in [4.78, 5) is 15.3. The normalized spacial score (nSPS) is 12.5. The van der Waals surface area contributed by atoms with Crippen molar-refractivity contribution in [2.24, 2.45) is 0 Å². The van der Waals surface area contributed by atoms with E-state index < -0.39 is 9.84 Å². The van der Waals surface area contributed by atoms with Crippen molar-refractivity contribution >= 4 is 27.4 Å². The number of hydrogen-bond donors (Lipinski definition) is 2. The maximum atomic E-state index is 11.7. The Balaban J connectivity index is 1.55. The van der Waals surface area contributed by atoms with Crippen molar-refractivity contribution in [3.05, 3.63) is 60.4 Å². The van der Waals surface area contributed by atoms with Crippen LogP contribution in [-0.4, -0.2) is 54.7 Å². The molecule has 0 bridgehead atoms. The lowest BCUT2D eigenvalue weighted by molar-refractivity contribution is 0.220. The first kappa shape index (κ1) is 23.4. The van der Waals surface area contributed by atoms with Gasteiger partial charge in [0.15, 0.2) is 15.7 Å². The van der Waals surface area contributed by atoms with Crippen molar-refractivity contribution in [1.29, 1.82) is 0 Å². The predicted octanol–water partition coefficient (Wildman–Crippen LogP) is 3.06. The van der Waals surface area contributed by atoms with Crippen LogP contribution in [0.3, 0.4) is 0 Å². The van der Waals surface area contributed by atoms with Crippen molar-refractivity contribution in [1.82, 2.24) is 19.9 Å². The molecule has 10 heteroatoms. The molecule has 3 rings (SSSR count). The Morgan fingerprint density at radius 1 is 1.09 bits per heavy atom. The third-order valence-corrected chi connectivity index (χ3v) is 6.00. The van der Waals surface area contributed by atoms with Crippen molar-refractivity contribution in [3.63, 3.8) is 0 Å². The van der Waals surface area contributed by atoms with Crippen LogP contribution in [0.2, 0.25) is 0 Å². The van der Waals surface area contributed by atoms with Gasteiger partial charge in [-0.05, 0) is 50.7 Å². The standard InChI is InChI=1S/C22H28N6O3S/c1-16(20-25-21(23)27-22(26-20)24-17-9-5-4-6-10-17)28(2)13-8-14-31-18-11-7-12-19(15-18)32(3,29)30/h4-7,9-12,15-16H,8,13-14H2,1-3H3,(H3,23,24,25,26,27). The van der Waals surface area contributed by atoms with Crippen LogP contribution in [0.25, 0.3) is 0 Å². The molecule has 0 saturated carbocycles. The van der Waals surface area contributed by atoms with Gasteiger partial charge in [0.05, 0.1) is 17.5 Å². The number of sulfone groups is 1. The SMILES string of the molecule is CC(c1nc(N)nc(Nc2ccccc2)n1)N(C)CCCOc1cccc(S(C)(=O)=O)c1. The first-order chi connectivity index (χ1) is 15.2. The Hall–Kier alpha value is -3.24. The summed E-state index contributed by atoms with van der Waals surface area (Å²) in [5, 5.41) is 3.14. The van der Waals surface area contributed by atoms with E-state index >= 15 is 0 Å². The van der Waals surface area contributed by atoms with Gasteiger partial charge in [0.2, 0.25) is 11.9 Å². The first-order valence-corrected chi connectivity index (χ1v) is 12.1. The van der Waals surface area contributed by atoms with Gasteiger partial charge in [-0.25, -0.2) is 8.42 Å². The number of benzene rings is 2. The summed E-state index contributed by atoms with van der Waals surface area (Å²) in [6.45, 7) is 3.17.